The van der Waals surface area contributed by atoms with Crippen molar-refractivity contribution in [3.8, 4) is 0 Å². The molecule has 3 rings (SSSR count). The highest BCUT2D eigenvalue weighted by Crippen LogP contribution is 2.26. The molecule has 27 heavy (non-hydrogen) atoms. The number of fused-ring (bicyclic) bond motifs is 1. The average molecular weight is 364 g/mol. The van der Waals surface area contributed by atoms with Crippen LogP contribution in [0, 0.1) is 11.3 Å². The molecule has 5 N–H and O–H groups in total. The van der Waals surface area contributed by atoms with E-state index in [1.165, 1.54) is 17.4 Å². The second-order valence-corrected chi connectivity index (χ2v) is 7.28. The van der Waals surface area contributed by atoms with E-state index in [4.69, 9.17) is 11.1 Å². The van der Waals surface area contributed by atoms with Gasteiger partial charge < -0.3 is 26.7 Å². The number of nitrogens with two attached hydrogens (primary N) is 1. The number of allylic oxidation sites excluding steroid dienone is 5. The third-order valence-electron chi connectivity index (χ3n) is 4.82. The van der Waals surface area contributed by atoms with Crippen LogP contribution in [0.2, 0.25) is 0 Å². The van der Waals surface area contributed by atoms with Gasteiger partial charge in [-0.1, -0.05) is 19.9 Å². The maximum absolute atomic E-state index is 7.48. The molecule has 0 saturated heterocycles. The zero-order chi connectivity index (χ0) is 19.4. The Bertz CT molecular complexity index is 833. The highest BCUT2D eigenvalue weighted by molar-refractivity contribution is 5.97. The number of amidine groups is 1. The Kier molecular flexibility index (Phi) is 5.76. The van der Waals surface area contributed by atoms with Crippen molar-refractivity contribution in [2.45, 2.75) is 20.3 Å². The third kappa shape index (κ3) is 4.65. The van der Waals surface area contributed by atoms with E-state index in [0.29, 0.717) is 11.7 Å². The van der Waals surface area contributed by atoms with Crippen molar-refractivity contribution >= 4 is 12.1 Å². The van der Waals surface area contributed by atoms with E-state index in [-0.39, 0.29) is 5.92 Å². The van der Waals surface area contributed by atoms with Crippen LogP contribution in [0.4, 0.5) is 0 Å². The predicted molar refractivity (Wildman–Crippen MR) is 112 cm³/mol. The Labute approximate surface area is 161 Å². The van der Waals surface area contributed by atoms with Gasteiger partial charge in [0.15, 0.2) is 0 Å². The SMILES string of the molecule is CC(C)C(C=N)=CC(N)=NC1=CC=C2NC=C(C3=CCN(C)CC3)C=C2N1. The molecule has 0 aliphatic carbocycles. The highest BCUT2D eigenvalue weighted by Gasteiger charge is 2.18. The van der Waals surface area contributed by atoms with Gasteiger partial charge in [-0.15, -0.1) is 0 Å². The molecule has 6 heteroatoms. The topological polar surface area (TPSA) is 89.5 Å². The molecule has 3 heterocycles. The molecule has 6 nitrogen and oxygen atoms in total. The molecule has 0 radical (unpaired) electrons. The summed E-state index contributed by atoms with van der Waals surface area (Å²) in [5.41, 5.74) is 11.5. The number of nitrogens with one attached hydrogen (secondary N) is 3. The molecule has 0 aromatic rings. The largest absolute Gasteiger partial charge is 0.384 e. The minimum atomic E-state index is 0.233. The summed E-state index contributed by atoms with van der Waals surface area (Å²) in [6, 6.07) is 0. The lowest BCUT2D eigenvalue weighted by Gasteiger charge is -2.27. The second-order valence-electron chi connectivity index (χ2n) is 7.28. The summed E-state index contributed by atoms with van der Waals surface area (Å²) in [6.07, 6.45) is 14.5. The van der Waals surface area contributed by atoms with Crippen LogP contribution in [0.25, 0.3) is 0 Å². The van der Waals surface area contributed by atoms with Gasteiger partial charge in [-0.3, -0.25) is 0 Å². The fraction of sp³-hybridized carbons (Fsp3) is 0.333. The van der Waals surface area contributed by atoms with E-state index in [1.807, 2.05) is 26.0 Å². The summed E-state index contributed by atoms with van der Waals surface area (Å²) < 4.78 is 0. The number of hydrogen-bond acceptors (Lipinski definition) is 5. The van der Waals surface area contributed by atoms with Gasteiger partial charge in [-0.25, -0.2) is 4.99 Å². The molecule has 0 spiro atoms. The lowest BCUT2D eigenvalue weighted by atomic mass is 9.97. The zero-order valence-electron chi connectivity index (χ0n) is 16.2. The van der Waals surface area contributed by atoms with E-state index < -0.39 is 0 Å². The van der Waals surface area contributed by atoms with Gasteiger partial charge in [0.25, 0.3) is 0 Å². The minimum absolute atomic E-state index is 0.233. The Balaban J connectivity index is 1.76. The Morgan fingerprint density at radius 1 is 1.33 bits per heavy atom. The van der Waals surface area contributed by atoms with Gasteiger partial charge in [-0.2, -0.15) is 0 Å². The Morgan fingerprint density at radius 2 is 2.15 bits per heavy atom. The van der Waals surface area contributed by atoms with E-state index in [0.717, 1.165) is 36.5 Å². The number of dihydropyridines is 2. The molecule has 0 amide bonds. The maximum Gasteiger partial charge on any atom is 0.132 e. The van der Waals surface area contributed by atoms with E-state index >= 15 is 0 Å². The summed E-state index contributed by atoms with van der Waals surface area (Å²) in [5.74, 6) is 1.31. The molecule has 142 valence electrons. The number of aliphatic imine (C=N–C) groups is 1. The minimum Gasteiger partial charge on any atom is -0.384 e. The van der Waals surface area contributed by atoms with Crippen molar-refractivity contribution in [3.05, 3.63) is 70.5 Å². The quantitative estimate of drug-likeness (QED) is 0.446. The Hall–Kier alpha value is -2.86. The molecular weight excluding hydrogens is 336 g/mol. The second kappa shape index (κ2) is 8.22. The Morgan fingerprint density at radius 3 is 2.81 bits per heavy atom. The van der Waals surface area contributed by atoms with Crippen molar-refractivity contribution < 1.29 is 0 Å². The molecule has 3 aliphatic rings. The predicted octanol–water partition coefficient (Wildman–Crippen LogP) is 2.54. The van der Waals surface area contributed by atoms with Crippen LogP contribution in [0.5, 0.6) is 0 Å². The first-order valence-corrected chi connectivity index (χ1v) is 9.28. The molecule has 0 aromatic heterocycles. The summed E-state index contributed by atoms with van der Waals surface area (Å²) in [4.78, 5) is 6.76. The van der Waals surface area contributed by atoms with E-state index in [1.54, 1.807) is 6.08 Å². The van der Waals surface area contributed by atoms with Gasteiger partial charge in [0.2, 0.25) is 0 Å². The fourth-order valence-electron chi connectivity index (χ4n) is 3.09. The van der Waals surface area contributed by atoms with Crippen LogP contribution >= 0.6 is 0 Å². The van der Waals surface area contributed by atoms with Crippen molar-refractivity contribution in [1.82, 2.24) is 15.5 Å². The van der Waals surface area contributed by atoms with Crippen molar-refractivity contribution in [2.24, 2.45) is 16.6 Å². The highest BCUT2D eigenvalue weighted by atomic mass is 15.1. The monoisotopic (exact) mass is 364 g/mol. The van der Waals surface area contributed by atoms with Gasteiger partial charge in [-0.05, 0) is 60.4 Å². The maximum atomic E-state index is 7.48. The van der Waals surface area contributed by atoms with Crippen molar-refractivity contribution in [2.75, 3.05) is 20.1 Å². The van der Waals surface area contributed by atoms with Gasteiger partial charge in [0.1, 0.15) is 11.7 Å². The van der Waals surface area contributed by atoms with Crippen molar-refractivity contribution in [3.63, 3.8) is 0 Å². The number of likely N-dealkylation sites (N-methyl/N-ethyl adjacent to an activating group) is 1. The summed E-state index contributed by atoms with van der Waals surface area (Å²) in [6.45, 7) is 6.12. The number of nitrogens with zero attached hydrogens (tertiary/aromatic N) is 2. The van der Waals surface area contributed by atoms with E-state index in [2.05, 4.69) is 45.9 Å². The standard InChI is InChI=1S/C21H28N6/c1-14(2)16(12-22)11-20(23)26-21-5-4-18-19(25-21)10-17(13-24-18)15-6-8-27(3)9-7-15/h4-6,10-14,22,24-25H,7-9H2,1-3H3,(H2,23,26). The summed E-state index contributed by atoms with van der Waals surface area (Å²) in [7, 11) is 2.14. The summed E-state index contributed by atoms with van der Waals surface area (Å²) in [5, 5.41) is 14.2. The van der Waals surface area contributed by atoms with Crippen LogP contribution in [0.15, 0.2) is 75.5 Å². The van der Waals surface area contributed by atoms with Crippen molar-refractivity contribution in [1.29, 1.82) is 5.41 Å². The molecular formula is C21H28N6. The van der Waals surface area contributed by atoms with Crippen LogP contribution in [0.3, 0.4) is 0 Å². The molecule has 0 fully saturated rings. The lowest BCUT2D eigenvalue weighted by molar-refractivity contribution is 0.360. The van der Waals surface area contributed by atoms with Crippen LogP contribution in [-0.2, 0) is 0 Å². The van der Waals surface area contributed by atoms with Gasteiger partial charge in [0, 0.05) is 25.5 Å². The first kappa shape index (κ1) is 18.9. The molecule has 0 aromatic carbocycles. The summed E-state index contributed by atoms with van der Waals surface area (Å²) >= 11 is 0. The molecule has 0 bridgehead atoms. The average Bonchev–Trinajstić information content (AvgIpc) is 2.66. The van der Waals surface area contributed by atoms with Gasteiger partial charge in [0.05, 0.1) is 11.4 Å². The smallest absolute Gasteiger partial charge is 0.132 e. The first-order valence-electron chi connectivity index (χ1n) is 9.28. The van der Waals surface area contributed by atoms with E-state index in [9.17, 15) is 0 Å². The van der Waals surface area contributed by atoms with Crippen LogP contribution < -0.4 is 16.4 Å². The van der Waals surface area contributed by atoms with Gasteiger partial charge >= 0.3 is 0 Å². The fourth-order valence-corrected chi connectivity index (χ4v) is 3.09. The third-order valence-corrected chi connectivity index (χ3v) is 4.82. The molecule has 0 saturated carbocycles. The normalized spacial score (nSPS) is 21.1. The lowest BCUT2D eigenvalue weighted by Crippen LogP contribution is -2.28. The number of rotatable bonds is 5. The van der Waals surface area contributed by atoms with Crippen LogP contribution in [-0.4, -0.2) is 37.1 Å². The number of hydrogen-bond donors (Lipinski definition) is 4. The van der Waals surface area contributed by atoms with Crippen LogP contribution in [0.1, 0.15) is 20.3 Å². The molecule has 3 aliphatic heterocycles. The molecule has 0 unspecified atom stereocenters. The molecule has 0 atom stereocenters. The first-order chi connectivity index (χ1) is 13.0. The zero-order valence-corrected chi connectivity index (χ0v) is 16.2.